The highest BCUT2D eigenvalue weighted by Gasteiger charge is 2.02. The van der Waals surface area contributed by atoms with Gasteiger partial charge >= 0.3 is 0 Å². The van der Waals surface area contributed by atoms with E-state index in [1.807, 2.05) is 12.1 Å². The van der Waals surface area contributed by atoms with Crippen LogP contribution in [0.2, 0.25) is 5.02 Å². The number of rotatable bonds is 2. The van der Waals surface area contributed by atoms with Gasteiger partial charge in [-0.05, 0) is 42.6 Å². The molecule has 0 aliphatic carbocycles. The highest BCUT2D eigenvalue weighted by atomic mass is 35.5. The highest BCUT2D eigenvalue weighted by molar-refractivity contribution is 6.31. The number of halogens is 1. The summed E-state index contributed by atoms with van der Waals surface area (Å²) < 4.78 is 0. The molecule has 0 spiro atoms. The van der Waals surface area contributed by atoms with E-state index >= 15 is 0 Å². The number of aromatic amines is 1. The molecule has 0 aliphatic rings. The number of nitrogens with two attached hydrogens (primary N) is 1. The van der Waals surface area contributed by atoms with Crippen molar-refractivity contribution in [3.8, 4) is 0 Å². The van der Waals surface area contributed by atoms with Crippen molar-refractivity contribution >= 4 is 22.5 Å². The van der Waals surface area contributed by atoms with Crippen LogP contribution in [0.1, 0.15) is 5.56 Å². The van der Waals surface area contributed by atoms with E-state index in [0.717, 1.165) is 10.9 Å². The lowest BCUT2D eigenvalue weighted by molar-refractivity contribution is 0.949. The maximum Gasteiger partial charge on any atom is 0.251 e. The lowest BCUT2D eigenvalue weighted by Crippen LogP contribution is -2.16. The number of H-pyrrole nitrogens is 1. The third-order valence-electron chi connectivity index (χ3n) is 2.30. The summed E-state index contributed by atoms with van der Waals surface area (Å²) in [5.41, 5.74) is 6.85. The predicted octanol–water partition coefficient (Wildman–Crippen LogP) is 1.68. The van der Waals surface area contributed by atoms with Crippen LogP contribution in [0.25, 0.3) is 10.9 Å². The summed E-state index contributed by atoms with van der Waals surface area (Å²) in [5, 5.41) is 1.60. The van der Waals surface area contributed by atoms with Crippen LogP contribution in [0.3, 0.4) is 0 Å². The van der Waals surface area contributed by atoms with Crippen LogP contribution in [0.15, 0.2) is 29.1 Å². The Morgan fingerprint density at radius 2 is 2.13 bits per heavy atom. The van der Waals surface area contributed by atoms with E-state index in [-0.39, 0.29) is 5.56 Å². The molecule has 0 saturated carbocycles. The molecular formula is C11H11ClN2O. The first-order valence-corrected chi connectivity index (χ1v) is 5.10. The Morgan fingerprint density at radius 3 is 2.87 bits per heavy atom. The Kier molecular flexibility index (Phi) is 2.75. The smallest absolute Gasteiger partial charge is 0.251 e. The fourth-order valence-corrected chi connectivity index (χ4v) is 1.74. The Bertz CT molecular complexity index is 548. The third-order valence-corrected chi connectivity index (χ3v) is 2.53. The van der Waals surface area contributed by atoms with Crippen molar-refractivity contribution in [3.05, 3.63) is 45.2 Å². The van der Waals surface area contributed by atoms with Crippen LogP contribution in [-0.2, 0) is 6.42 Å². The summed E-state index contributed by atoms with van der Waals surface area (Å²) in [6.45, 7) is 0.467. The number of aromatic nitrogens is 1. The predicted molar refractivity (Wildman–Crippen MR) is 62.3 cm³/mol. The second-order valence-corrected chi connectivity index (χ2v) is 3.83. The van der Waals surface area contributed by atoms with E-state index < -0.39 is 0 Å². The summed E-state index contributed by atoms with van der Waals surface area (Å²) in [4.78, 5) is 14.4. The lowest BCUT2D eigenvalue weighted by atomic mass is 10.1. The maximum absolute atomic E-state index is 11.6. The quantitative estimate of drug-likeness (QED) is 0.812. The molecule has 0 bridgehead atoms. The zero-order valence-electron chi connectivity index (χ0n) is 8.09. The van der Waals surface area contributed by atoms with Gasteiger partial charge in [0.15, 0.2) is 0 Å². The monoisotopic (exact) mass is 222 g/mol. The Balaban J connectivity index is 2.66. The molecule has 0 radical (unpaired) electrons. The van der Waals surface area contributed by atoms with Gasteiger partial charge in [0.25, 0.3) is 5.56 Å². The molecule has 1 aromatic carbocycles. The van der Waals surface area contributed by atoms with Crippen LogP contribution in [0, 0.1) is 0 Å². The van der Waals surface area contributed by atoms with E-state index in [2.05, 4.69) is 4.98 Å². The van der Waals surface area contributed by atoms with Gasteiger partial charge in [-0.25, -0.2) is 0 Å². The van der Waals surface area contributed by atoms with Crippen LogP contribution in [0.5, 0.6) is 0 Å². The minimum Gasteiger partial charge on any atom is -0.330 e. The molecule has 0 saturated heterocycles. The molecule has 2 rings (SSSR count). The van der Waals surface area contributed by atoms with Crippen LogP contribution >= 0.6 is 11.6 Å². The van der Waals surface area contributed by atoms with Gasteiger partial charge in [0.1, 0.15) is 0 Å². The number of benzene rings is 1. The molecule has 0 amide bonds. The molecular weight excluding hydrogens is 212 g/mol. The first-order chi connectivity index (χ1) is 7.20. The average molecular weight is 223 g/mol. The van der Waals surface area contributed by atoms with Crippen molar-refractivity contribution in [1.82, 2.24) is 4.98 Å². The van der Waals surface area contributed by atoms with Crippen LogP contribution in [-0.4, -0.2) is 11.5 Å². The molecule has 1 aromatic heterocycles. The Morgan fingerprint density at radius 1 is 1.33 bits per heavy atom. The largest absolute Gasteiger partial charge is 0.330 e. The van der Waals surface area contributed by atoms with Crippen molar-refractivity contribution in [2.45, 2.75) is 6.42 Å². The Hall–Kier alpha value is -1.32. The second-order valence-electron chi connectivity index (χ2n) is 3.39. The fourth-order valence-electron chi connectivity index (χ4n) is 1.56. The summed E-state index contributed by atoms with van der Waals surface area (Å²) in [5.74, 6) is 0. The SMILES string of the molecule is NCCc1cc2cc(Cl)ccc2[nH]c1=O. The molecule has 3 N–H and O–H groups in total. The van der Waals surface area contributed by atoms with Gasteiger partial charge in [-0.2, -0.15) is 0 Å². The van der Waals surface area contributed by atoms with Crippen LogP contribution in [0.4, 0.5) is 0 Å². The molecule has 15 heavy (non-hydrogen) atoms. The van der Waals surface area contributed by atoms with E-state index in [1.54, 1.807) is 12.1 Å². The van der Waals surface area contributed by atoms with Crippen molar-refractivity contribution < 1.29 is 0 Å². The minimum atomic E-state index is -0.0738. The van der Waals surface area contributed by atoms with Gasteiger partial charge in [0.2, 0.25) is 0 Å². The molecule has 78 valence electrons. The van der Waals surface area contributed by atoms with Crippen LogP contribution < -0.4 is 11.3 Å². The van der Waals surface area contributed by atoms with E-state index in [1.165, 1.54) is 0 Å². The molecule has 0 unspecified atom stereocenters. The second kappa shape index (κ2) is 4.04. The van der Waals surface area contributed by atoms with Crippen molar-refractivity contribution in [3.63, 3.8) is 0 Å². The van der Waals surface area contributed by atoms with Crippen molar-refractivity contribution in [1.29, 1.82) is 0 Å². The molecule has 0 atom stereocenters. The fraction of sp³-hybridized carbons (Fsp3) is 0.182. The topological polar surface area (TPSA) is 58.9 Å². The van der Waals surface area contributed by atoms with Gasteiger partial charge in [-0.1, -0.05) is 11.6 Å². The van der Waals surface area contributed by atoms with E-state index in [0.29, 0.717) is 23.6 Å². The highest BCUT2D eigenvalue weighted by Crippen LogP contribution is 2.17. The number of pyridine rings is 1. The number of hydrogen-bond acceptors (Lipinski definition) is 2. The number of fused-ring (bicyclic) bond motifs is 1. The number of hydrogen-bond donors (Lipinski definition) is 2. The first-order valence-electron chi connectivity index (χ1n) is 4.72. The zero-order chi connectivity index (χ0) is 10.8. The normalized spacial score (nSPS) is 10.8. The molecule has 2 aromatic rings. The summed E-state index contributed by atoms with van der Waals surface area (Å²) in [6, 6.07) is 7.22. The number of nitrogens with one attached hydrogen (secondary N) is 1. The molecule has 4 heteroatoms. The molecule has 3 nitrogen and oxygen atoms in total. The van der Waals surface area contributed by atoms with E-state index in [4.69, 9.17) is 17.3 Å². The van der Waals surface area contributed by atoms with Crippen molar-refractivity contribution in [2.75, 3.05) is 6.54 Å². The molecule has 0 aliphatic heterocycles. The average Bonchev–Trinajstić information content (AvgIpc) is 2.20. The van der Waals surface area contributed by atoms with Gasteiger partial charge in [-0.15, -0.1) is 0 Å². The molecule has 1 heterocycles. The standard InChI is InChI=1S/C11H11ClN2O/c12-9-1-2-10-8(6-9)5-7(3-4-13)11(15)14-10/h1-2,5-6H,3-4,13H2,(H,14,15). The summed E-state index contributed by atoms with van der Waals surface area (Å²) in [6.07, 6.45) is 0.581. The van der Waals surface area contributed by atoms with Gasteiger partial charge < -0.3 is 10.7 Å². The van der Waals surface area contributed by atoms with Crippen molar-refractivity contribution in [2.24, 2.45) is 5.73 Å². The lowest BCUT2D eigenvalue weighted by Gasteiger charge is -2.02. The van der Waals surface area contributed by atoms with E-state index in [9.17, 15) is 4.79 Å². The summed E-state index contributed by atoms with van der Waals surface area (Å²) in [7, 11) is 0. The third kappa shape index (κ3) is 2.03. The zero-order valence-corrected chi connectivity index (χ0v) is 8.84. The maximum atomic E-state index is 11.6. The first kappa shape index (κ1) is 10.2. The van der Waals surface area contributed by atoms with Gasteiger partial charge in [0, 0.05) is 16.1 Å². The summed E-state index contributed by atoms with van der Waals surface area (Å²) >= 11 is 5.87. The Labute approximate surface area is 91.9 Å². The molecule has 0 fully saturated rings. The van der Waals surface area contributed by atoms with Gasteiger partial charge in [-0.3, -0.25) is 4.79 Å². The minimum absolute atomic E-state index is 0.0738. The van der Waals surface area contributed by atoms with Gasteiger partial charge in [0.05, 0.1) is 0 Å².